The zero-order valence-electron chi connectivity index (χ0n) is 10.7. The molecule has 1 saturated carbocycles. The van der Waals surface area contributed by atoms with Crippen LogP contribution >= 0.6 is 0 Å². The van der Waals surface area contributed by atoms with Gasteiger partial charge in [-0.05, 0) is 44.9 Å². The van der Waals surface area contributed by atoms with Gasteiger partial charge in [0.25, 0.3) is 0 Å². The SMILES string of the molecule is Cc1ccc(CNCCCOC2CCCC2)o1. The molecular weight excluding hydrogens is 214 g/mol. The Bertz CT molecular complexity index is 316. The Morgan fingerprint density at radius 1 is 1.35 bits per heavy atom. The molecule has 0 bridgehead atoms. The number of nitrogens with one attached hydrogen (secondary N) is 1. The highest BCUT2D eigenvalue weighted by atomic mass is 16.5. The van der Waals surface area contributed by atoms with E-state index in [0.29, 0.717) is 6.10 Å². The van der Waals surface area contributed by atoms with E-state index in [2.05, 4.69) is 5.32 Å². The number of hydrogen-bond donors (Lipinski definition) is 1. The Balaban J connectivity index is 1.46. The third-order valence-corrected chi connectivity index (χ3v) is 3.25. The summed E-state index contributed by atoms with van der Waals surface area (Å²) in [4.78, 5) is 0. The number of ether oxygens (including phenoxy) is 1. The third kappa shape index (κ3) is 4.52. The van der Waals surface area contributed by atoms with Crippen molar-refractivity contribution in [2.24, 2.45) is 0 Å². The summed E-state index contributed by atoms with van der Waals surface area (Å²) in [7, 11) is 0. The molecule has 0 amide bonds. The predicted octanol–water partition coefficient (Wildman–Crippen LogP) is 3.03. The number of furan rings is 1. The summed E-state index contributed by atoms with van der Waals surface area (Å²) >= 11 is 0. The van der Waals surface area contributed by atoms with E-state index in [0.717, 1.165) is 37.6 Å². The van der Waals surface area contributed by atoms with Crippen molar-refractivity contribution in [3.05, 3.63) is 23.7 Å². The second-order valence-corrected chi connectivity index (χ2v) is 4.82. The van der Waals surface area contributed by atoms with Gasteiger partial charge < -0.3 is 14.5 Å². The molecule has 0 aromatic carbocycles. The van der Waals surface area contributed by atoms with Crippen molar-refractivity contribution < 1.29 is 9.15 Å². The Morgan fingerprint density at radius 2 is 2.18 bits per heavy atom. The van der Waals surface area contributed by atoms with Crippen molar-refractivity contribution in [1.82, 2.24) is 5.32 Å². The van der Waals surface area contributed by atoms with Crippen LogP contribution in [0.1, 0.15) is 43.6 Å². The Morgan fingerprint density at radius 3 is 2.88 bits per heavy atom. The van der Waals surface area contributed by atoms with E-state index >= 15 is 0 Å². The van der Waals surface area contributed by atoms with Crippen LogP contribution in [-0.4, -0.2) is 19.3 Å². The summed E-state index contributed by atoms with van der Waals surface area (Å²) in [5.41, 5.74) is 0. The van der Waals surface area contributed by atoms with Crippen LogP contribution in [0.4, 0.5) is 0 Å². The average molecular weight is 237 g/mol. The van der Waals surface area contributed by atoms with E-state index in [1.807, 2.05) is 19.1 Å². The number of hydrogen-bond acceptors (Lipinski definition) is 3. The Hall–Kier alpha value is -0.800. The monoisotopic (exact) mass is 237 g/mol. The van der Waals surface area contributed by atoms with Gasteiger partial charge in [-0.2, -0.15) is 0 Å². The van der Waals surface area contributed by atoms with Crippen LogP contribution in [0.3, 0.4) is 0 Å². The van der Waals surface area contributed by atoms with Gasteiger partial charge >= 0.3 is 0 Å². The van der Waals surface area contributed by atoms with Crippen LogP contribution in [0, 0.1) is 6.92 Å². The van der Waals surface area contributed by atoms with Crippen molar-refractivity contribution in [2.45, 2.75) is 51.7 Å². The first-order valence-corrected chi connectivity index (χ1v) is 6.72. The highest BCUT2D eigenvalue weighted by molar-refractivity contribution is 5.04. The summed E-state index contributed by atoms with van der Waals surface area (Å²) in [5, 5.41) is 3.37. The van der Waals surface area contributed by atoms with E-state index in [9.17, 15) is 0 Å². The van der Waals surface area contributed by atoms with Gasteiger partial charge in [0.15, 0.2) is 0 Å². The lowest BCUT2D eigenvalue weighted by molar-refractivity contribution is 0.0568. The molecule has 0 aliphatic heterocycles. The molecule has 1 aliphatic carbocycles. The van der Waals surface area contributed by atoms with Gasteiger partial charge in [0.2, 0.25) is 0 Å². The second kappa shape index (κ2) is 6.82. The van der Waals surface area contributed by atoms with Gasteiger partial charge in [-0.3, -0.25) is 0 Å². The molecular formula is C14H23NO2. The van der Waals surface area contributed by atoms with Crippen molar-refractivity contribution in [2.75, 3.05) is 13.2 Å². The lowest BCUT2D eigenvalue weighted by Gasteiger charge is -2.10. The van der Waals surface area contributed by atoms with Gasteiger partial charge in [0, 0.05) is 6.61 Å². The zero-order chi connectivity index (χ0) is 11.9. The molecule has 1 aromatic heterocycles. The standard InChI is InChI=1S/C14H23NO2/c1-12-7-8-14(17-12)11-15-9-4-10-16-13-5-2-3-6-13/h7-8,13,15H,2-6,9-11H2,1H3. The summed E-state index contributed by atoms with van der Waals surface area (Å²) in [6.45, 7) is 4.66. The fourth-order valence-corrected chi connectivity index (χ4v) is 2.29. The van der Waals surface area contributed by atoms with Crippen LogP contribution in [-0.2, 0) is 11.3 Å². The molecule has 3 heteroatoms. The molecule has 1 fully saturated rings. The molecule has 0 saturated heterocycles. The molecule has 17 heavy (non-hydrogen) atoms. The van der Waals surface area contributed by atoms with E-state index in [1.165, 1.54) is 25.7 Å². The van der Waals surface area contributed by atoms with E-state index in [-0.39, 0.29) is 0 Å². The minimum absolute atomic E-state index is 0.544. The summed E-state index contributed by atoms with van der Waals surface area (Å²) in [6, 6.07) is 4.03. The predicted molar refractivity (Wildman–Crippen MR) is 68.0 cm³/mol. The maximum absolute atomic E-state index is 5.80. The highest BCUT2D eigenvalue weighted by Gasteiger charge is 2.14. The molecule has 2 rings (SSSR count). The summed E-state index contributed by atoms with van der Waals surface area (Å²) in [6.07, 6.45) is 6.85. The third-order valence-electron chi connectivity index (χ3n) is 3.25. The van der Waals surface area contributed by atoms with E-state index < -0.39 is 0 Å². The van der Waals surface area contributed by atoms with Crippen LogP contribution in [0.15, 0.2) is 16.5 Å². The Kier molecular flexibility index (Phi) is 5.08. The number of aryl methyl sites for hydroxylation is 1. The highest BCUT2D eigenvalue weighted by Crippen LogP contribution is 2.20. The largest absolute Gasteiger partial charge is 0.465 e. The smallest absolute Gasteiger partial charge is 0.117 e. The molecule has 0 radical (unpaired) electrons. The van der Waals surface area contributed by atoms with Crippen LogP contribution < -0.4 is 5.32 Å². The maximum Gasteiger partial charge on any atom is 0.117 e. The first kappa shape index (κ1) is 12.7. The first-order valence-electron chi connectivity index (χ1n) is 6.72. The van der Waals surface area contributed by atoms with Crippen LogP contribution in [0.2, 0.25) is 0 Å². The minimum atomic E-state index is 0.544. The van der Waals surface area contributed by atoms with Crippen molar-refractivity contribution in [1.29, 1.82) is 0 Å². The van der Waals surface area contributed by atoms with Crippen molar-refractivity contribution in [3.63, 3.8) is 0 Å². The van der Waals surface area contributed by atoms with E-state index in [4.69, 9.17) is 9.15 Å². The van der Waals surface area contributed by atoms with Gasteiger partial charge in [0.05, 0.1) is 12.6 Å². The molecule has 96 valence electrons. The summed E-state index contributed by atoms with van der Waals surface area (Å²) in [5.74, 6) is 1.99. The fraction of sp³-hybridized carbons (Fsp3) is 0.714. The fourth-order valence-electron chi connectivity index (χ4n) is 2.29. The maximum atomic E-state index is 5.80. The van der Waals surface area contributed by atoms with Crippen LogP contribution in [0.5, 0.6) is 0 Å². The van der Waals surface area contributed by atoms with Crippen molar-refractivity contribution >= 4 is 0 Å². The lowest BCUT2D eigenvalue weighted by Crippen LogP contribution is -2.17. The molecule has 0 spiro atoms. The normalized spacial score (nSPS) is 16.8. The van der Waals surface area contributed by atoms with Crippen molar-refractivity contribution in [3.8, 4) is 0 Å². The van der Waals surface area contributed by atoms with Gasteiger partial charge in [-0.15, -0.1) is 0 Å². The van der Waals surface area contributed by atoms with Crippen LogP contribution in [0.25, 0.3) is 0 Å². The topological polar surface area (TPSA) is 34.4 Å². The van der Waals surface area contributed by atoms with E-state index in [1.54, 1.807) is 0 Å². The molecule has 0 atom stereocenters. The molecule has 0 unspecified atom stereocenters. The number of rotatable bonds is 7. The zero-order valence-corrected chi connectivity index (χ0v) is 10.7. The quantitative estimate of drug-likeness (QED) is 0.740. The minimum Gasteiger partial charge on any atom is -0.465 e. The molecule has 3 nitrogen and oxygen atoms in total. The van der Waals surface area contributed by atoms with Gasteiger partial charge in [-0.25, -0.2) is 0 Å². The first-order chi connectivity index (χ1) is 8.34. The van der Waals surface area contributed by atoms with Gasteiger partial charge in [-0.1, -0.05) is 12.8 Å². The average Bonchev–Trinajstić information content (AvgIpc) is 2.95. The Labute approximate surface area is 104 Å². The second-order valence-electron chi connectivity index (χ2n) is 4.82. The lowest BCUT2D eigenvalue weighted by atomic mass is 10.3. The molecule has 1 aromatic rings. The molecule has 1 aliphatic rings. The molecule has 1 heterocycles. The molecule has 1 N–H and O–H groups in total. The van der Waals surface area contributed by atoms with Gasteiger partial charge in [0.1, 0.15) is 11.5 Å². The summed E-state index contributed by atoms with van der Waals surface area (Å²) < 4.78 is 11.3.